The molecule has 0 aliphatic rings. The average Bonchev–Trinajstić information content (AvgIpc) is 2.81. The molecule has 0 saturated heterocycles. The van der Waals surface area contributed by atoms with Gasteiger partial charge in [-0.15, -0.1) is 11.3 Å². The zero-order valence-corrected chi connectivity index (χ0v) is 12.2. The van der Waals surface area contributed by atoms with Gasteiger partial charge in [0.15, 0.2) is 0 Å². The molecule has 0 saturated carbocycles. The third-order valence-corrected chi connectivity index (χ3v) is 4.80. The van der Waals surface area contributed by atoms with E-state index in [1.807, 2.05) is 13.1 Å². The van der Waals surface area contributed by atoms with Crippen LogP contribution in [0.1, 0.15) is 10.6 Å². The number of nitrogens with one attached hydrogen (secondary N) is 1. The van der Waals surface area contributed by atoms with Crippen molar-refractivity contribution in [3.63, 3.8) is 0 Å². The highest BCUT2D eigenvalue weighted by molar-refractivity contribution is 7.15. The van der Waals surface area contributed by atoms with Gasteiger partial charge in [-0.1, -0.05) is 19.6 Å². The van der Waals surface area contributed by atoms with Crippen molar-refractivity contribution in [3.8, 4) is 0 Å². The van der Waals surface area contributed by atoms with Crippen LogP contribution in [0.2, 0.25) is 19.6 Å². The first-order chi connectivity index (χ1) is 7.97. The summed E-state index contributed by atoms with van der Waals surface area (Å²) < 4.78 is 0. The number of hydrogen-bond acceptors (Lipinski definition) is 5. The zero-order chi connectivity index (χ0) is 12.5. The van der Waals surface area contributed by atoms with Crippen LogP contribution in [0.3, 0.4) is 0 Å². The third-order valence-electron chi connectivity index (χ3n) is 2.19. The van der Waals surface area contributed by atoms with Crippen LogP contribution in [0.15, 0.2) is 11.2 Å². The summed E-state index contributed by atoms with van der Waals surface area (Å²) in [6, 6.07) is 0. The van der Waals surface area contributed by atoms with Crippen molar-refractivity contribution in [2.24, 2.45) is 4.99 Å². The van der Waals surface area contributed by atoms with Crippen molar-refractivity contribution in [3.05, 3.63) is 16.8 Å². The van der Waals surface area contributed by atoms with Crippen molar-refractivity contribution in [2.45, 2.75) is 26.6 Å². The van der Waals surface area contributed by atoms with Gasteiger partial charge in [-0.25, -0.2) is 9.98 Å². The summed E-state index contributed by atoms with van der Waals surface area (Å²) >= 11 is 1.57. The van der Waals surface area contributed by atoms with E-state index in [1.165, 1.54) is 0 Å². The van der Waals surface area contributed by atoms with Gasteiger partial charge < -0.3 is 0 Å². The molecule has 0 bridgehead atoms. The van der Waals surface area contributed by atoms with E-state index in [-0.39, 0.29) is 0 Å². The zero-order valence-electron chi connectivity index (χ0n) is 10.4. The molecule has 90 valence electrons. The Morgan fingerprint density at radius 3 is 2.71 bits per heavy atom. The van der Waals surface area contributed by atoms with Crippen molar-refractivity contribution in [1.82, 2.24) is 20.4 Å². The Kier molecular flexibility index (Phi) is 3.21. The topological polar surface area (TPSA) is 66.8 Å². The molecule has 2 aromatic heterocycles. The van der Waals surface area contributed by atoms with Crippen LogP contribution < -0.4 is 5.32 Å². The molecule has 0 spiro atoms. The van der Waals surface area contributed by atoms with Crippen molar-refractivity contribution < 1.29 is 0 Å². The van der Waals surface area contributed by atoms with Crippen molar-refractivity contribution in [1.29, 1.82) is 0 Å². The predicted molar refractivity (Wildman–Crippen MR) is 73.5 cm³/mol. The van der Waals surface area contributed by atoms with Gasteiger partial charge in [-0.3, -0.25) is 0 Å². The SMILES string of the molecule is Cc1cnc(/N=C/c2n[nH]nc2[Si](C)(C)C)s1. The molecule has 0 aromatic carbocycles. The summed E-state index contributed by atoms with van der Waals surface area (Å²) in [6.07, 6.45) is 3.56. The molecule has 2 aromatic rings. The van der Waals surface area contributed by atoms with Crippen LogP contribution in [0.5, 0.6) is 0 Å². The lowest BCUT2D eigenvalue weighted by Crippen LogP contribution is -2.41. The molecule has 2 heterocycles. The van der Waals surface area contributed by atoms with Gasteiger partial charge in [-0.2, -0.15) is 15.4 Å². The van der Waals surface area contributed by atoms with Gasteiger partial charge in [0.25, 0.3) is 0 Å². The van der Waals surface area contributed by atoms with E-state index in [9.17, 15) is 0 Å². The van der Waals surface area contributed by atoms with E-state index >= 15 is 0 Å². The summed E-state index contributed by atoms with van der Waals surface area (Å²) in [7, 11) is -1.47. The molecule has 0 unspecified atom stereocenters. The number of aryl methyl sites for hydroxylation is 1. The lowest BCUT2D eigenvalue weighted by atomic mass is 10.5. The maximum atomic E-state index is 4.33. The molecule has 17 heavy (non-hydrogen) atoms. The fraction of sp³-hybridized carbons (Fsp3) is 0.400. The first-order valence-electron chi connectivity index (χ1n) is 5.34. The van der Waals surface area contributed by atoms with Gasteiger partial charge in [0.2, 0.25) is 5.13 Å². The highest BCUT2D eigenvalue weighted by atomic mass is 32.1. The lowest BCUT2D eigenvalue weighted by Gasteiger charge is -2.11. The number of H-pyrrole nitrogens is 1. The van der Waals surface area contributed by atoms with Gasteiger partial charge >= 0.3 is 0 Å². The number of thiazole rings is 1. The van der Waals surface area contributed by atoms with E-state index in [2.05, 4.69) is 45.0 Å². The number of rotatable bonds is 3. The minimum absolute atomic E-state index is 0.757. The summed E-state index contributed by atoms with van der Waals surface area (Å²) in [5, 5.41) is 12.8. The Hall–Kier alpha value is -1.34. The standard InChI is InChI=1S/C10H15N5SSi/c1-7-5-11-10(16-7)12-6-8-9(14-15-13-8)17(2,3)4/h5-6H,1-4H3,(H,13,14,15)/b12-6+. The van der Waals surface area contributed by atoms with E-state index in [0.29, 0.717) is 0 Å². The molecule has 5 nitrogen and oxygen atoms in total. The molecular formula is C10H15N5SSi. The monoisotopic (exact) mass is 265 g/mol. The average molecular weight is 265 g/mol. The Balaban J connectivity index is 2.25. The van der Waals surface area contributed by atoms with Crippen LogP contribution in [-0.4, -0.2) is 34.7 Å². The minimum atomic E-state index is -1.47. The van der Waals surface area contributed by atoms with Crippen LogP contribution in [0.4, 0.5) is 5.13 Å². The van der Waals surface area contributed by atoms with Crippen LogP contribution in [0.25, 0.3) is 0 Å². The summed E-state index contributed by atoms with van der Waals surface area (Å²) in [6.45, 7) is 8.71. The van der Waals surface area contributed by atoms with E-state index in [1.54, 1.807) is 17.6 Å². The van der Waals surface area contributed by atoms with Crippen molar-refractivity contribution in [2.75, 3.05) is 0 Å². The maximum absolute atomic E-state index is 4.33. The third kappa shape index (κ3) is 2.86. The molecule has 0 amide bonds. The predicted octanol–water partition coefficient (Wildman–Crippen LogP) is 1.87. The Labute approximate surface area is 105 Å². The number of aromatic nitrogens is 4. The van der Waals surface area contributed by atoms with E-state index < -0.39 is 8.07 Å². The molecular weight excluding hydrogens is 250 g/mol. The largest absolute Gasteiger partial charge is 0.227 e. The molecule has 2 rings (SSSR count). The van der Waals surface area contributed by atoms with Gasteiger partial charge in [0.1, 0.15) is 13.8 Å². The first kappa shape index (κ1) is 12.1. The quantitative estimate of drug-likeness (QED) is 0.680. The smallest absolute Gasteiger partial charge is 0.209 e. The van der Waals surface area contributed by atoms with Crippen LogP contribution in [0, 0.1) is 6.92 Å². The summed E-state index contributed by atoms with van der Waals surface area (Å²) in [5.74, 6) is 0. The second-order valence-electron chi connectivity index (χ2n) is 4.82. The fourth-order valence-corrected chi connectivity index (χ4v) is 3.28. The number of nitrogens with zero attached hydrogens (tertiary/aromatic N) is 4. The molecule has 0 atom stereocenters. The Morgan fingerprint density at radius 2 is 2.12 bits per heavy atom. The fourth-order valence-electron chi connectivity index (χ4n) is 1.40. The second kappa shape index (κ2) is 4.50. The Morgan fingerprint density at radius 1 is 1.35 bits per heavy atom. The van der Waals surface area contributed by atoms with Crippen LogP contribution >= 0.6 is 11.3 Å². The highest BCUT2D eigenvalue weighted by Gasteiger charge is 2.23. The summed E-state index contributed by atoms with van der Waals surface area (Å²) in [5.41, 5.74) is 0.831. The van der Waals surface area contributed by atoms with Gasteiger partial charge in [0.05, 0.1) is 11.5 Å². The normalized spacial score (nSPS) is 12.5. The first-order valence-corrected chi connectivity index (χ1v) is 9.66. The number of aromatic amines is 1. The Bertz CT molecular complexity index is 537. The van der Waals surface area contributed by atoms with E-state index in [0.717, 1.165) is 21.0 Å². The molecule has 0 aliphatic heterocycles. The molecule has 7 heteroatoms. The minimum Gasteiger partial charge on any atom is -0.227 e. The molecule has 1 N–H and O–H groups in total. The number of hydrogen-bond donors (Lipinski definition) is 1. The molecule has 0 radical (unpaired) electrons. The van der Waals surface area contributed by atoms with Gasteiger partial charge in [-0.05, 0) is 6.92 Å². The highest BCUT2D eigenvalue weighted by Crippen LogP contribution is 2.19. The molecule has 0 aliphatic carbocycles. The van der Waals surface area contributed by atoms with E-state index in [4.69, 9.17) is 0 Å². The van der Waals surface area contributed by atoms with Crippen molar-refractivity contribution >= 4 is 36.1 Å². The van der Waals surface area contributed by atoms with Crippen LogP contribution in [-0.2, 0) is 0 Å². The summed E-state index contributed by atoms with van der Waals surface area (Å²) in [4.78, 5) is 9.66. The molecule has 0 fully saturated rings. The maximum Gasteiger partial charge on any atom is 0.209 e. The lowest BCUT2D eigenvalue weighted by molar-refractivity contribution is 0.942. The van der Waals surface area contributed by atoms with Gasteiger partial charge in [0, 0.05) is 11.1 Å². The number of aliphatic imine (C=N–C) groups is 1. The second-order valence-corrected chi connectivity index (χ2v) is 11.0.